The highest BCUT2D eigenvalue weighted by Gasteiger charge is 2.25. The van der Waals surface area contributed by atoms with Crippen LogP contribution >= 0.6 is 0 Å². The summed E-state index contributed by atoms with van der Waals surface area (Å²) in [5.74, 6) is 0.0201. The van der Waals surface area contributed by atoms with Gasteiger partial charge >= 0.3 is 6.18 Å². The van der Waals surface area contributed by atoms with Crippen molar-refractivity contribution >= 4 is 9.84 Å². The van der Waals surface area contributed by atoms with Crippen LogP contribution in [0.5, 0.6) is 0 Å². The van der Waals surface area contributed by atoms with Crippen LogP contribution in [0.15, 0.2) is 0 Å². The average molecular weight is 247 g/mol. The van der Waals surface area contributed by atoms with Crippen molar-refractivity contribution in [3.63, 3.8) is 0 Å². The Bertz CT molecular complexity index is 262. The molecule has 92 valence electrons. The summed E-state index contributed by atoms with van der Waals surface area (Å²) in [6.45, 7) is 0.719. The molecule has 0 aromatic heterocycles. The molecule has 0 unspecified atom stereocenters. The number of rotatable bonds is 7. The molecule has 0 spiro atoms. The van der Waals surface area contributed by atoms with E-state index in [0.717, 1.165) is 6.26 Å². The number of alkyl halides is 3. The van der Waals surface area contributed by atoms with E-state index in [1.807, 2.05) is 0 Å². The van der Waals surface area contributed by atoms with E-state index in [2.05, 4.69) is 5.32 Å². The molecule has 0 fully saturated rings. The molecule has 0 aliphatic heterocycles. The zero-order valence-electron chi connectivity index (χ0n) is 8.60. The normalized spacial score (nSPS) is 13.1. The molecule has 0 bridgehead atoms. The van der Waals surface area contributed by atoms with Gasteiger partial charge in [-0.2, -0.15) is 13.2 Å². The van der Waals surface area contributed by atoms with E-state index < -0.39 is 22.4 Å². The number of halogens is 3. The highest BCUT2D eigenvalue weighted by molar-refractivity contribution is 7.90. The molecular formula is C8H16F3NO2S. The third-order valence-corrected chi connectivity index (χ3v) is 2.66. The van der Waals surface area contributed by atoms with E-state index >= 15 is 0 Å². The van der Waals surface area contributed by atoms with Gasteiger partial charge in [-0.3, -0.25) is 0 Å². The quantitative estimate of drug-likeness (QED) is 0.691. The fourth-order valence-electron chi connectivity index (χ4n) is 0.958. The molecule has 0 heterocycles. The molecule has 7 heteroatoms. The van der Waals surface area contributed by atoms with Crippen molar-refractivity contribution in [2.75, 3.05) is 25.1 Å². The minimum atomic E-state index is -4.09. The van der Waals surface area contributed by atoms with Crippen LogP contribution in [-0.4, -0.2) is 39.7 Å². The van der Waals surface area contributed by atoms with Gasteiger partial charge in [-0.1, -0.05) is 0 Å². The Morgan fingerprint density at radius 2 is 1.73 bits per heavy atom. The van der Waals surface area contributed by atoms with E-state index in [-0.39, 0.29) is 12.2 Å². The van der Waals surface area contributed by atoms with Crippen molar-refractivity contribution in [1.29, 1.82) is 0 Å². The molecule has 0 aromatic rings. The predicted octanol–water partition coefficient (Wildman–Crippen LogP) is 1.35. The van der Waals surface area contributed by atoms with E-state index in [1.165, 1.54) is 0 Å². The largest absolute Gasteiger partial charge is 0.389 e. The van der Waals surface area contributed by atoms with E-state index in [4.69, 9.17) is 0 Å². The first-order chi connectivity index (χ1) is 6.71. The van der Waals surface area contributed by atoms with Crippen LogP contribution < -0.4 is 5.32 Å². The summed E-state index contributed by atoms with van der Waals surface area (Å²) in [5.41, 5.74) is 0. The van der Waals surface area contributed by atoms with Crippen LogP contribution in [0.1, 0.15) is 19.3 Å². The summed E-state index contributed by atoms with van der Waals surface area (Å²) < 4.78 is 56.4. The maximum atomic E-state index is 11.7. The number of sulfone groups is 1. The fraction of sp³-hybridized carbons (Fsp3) is 1.00. The van der Waals surface area contributed by atoms with E-state index in [9.17, 15) is 21.6 Å². The van der Waals surface area contributed by atoms with Gasteiger partial charge in [0.1, 0.15) is 9.84 Å². The minimum Gasteiger partial charge on any atom is -0.316 e. The van der Waals surface area contributed by atoms with Crippen LogP contribution in [0.3, 0.4) is 0 Å². The maximum Gasteiger partial charge on any atom is 0.389 e. The first-order valence-corrected chi connectivity index (χ1v) is 6.72. The van der Waals surface area contributed by atoms with Crippen molar-refractivity contribution in [3.8, 4) is 0 Å². The summed E-state index contributed by atoms with van der Waals surface area (Å²) in [6, 6.07) is 0. The van der Waals surface area contributed by atoms with Crippen LogP contribution in [0.4, 0.5) is 13.2 Å². The van der Waals surface area contributed by atoms with E-state index in [1.54, 1.807) is 0 Å². The summed E-state index contributed by atoms with van der Waals surface area (Å²) in [4.78, 5) is 0. The van der Waals surface area contributed by atoms with Gasteiger partial charge in [0.2, 0.25) is 0 Å². The average Bonchev–Trinajstić information content (AvgIpc) is 1.98. The van der Waals surface area contributed by atoms with Crippen molar-refractivity contribution in [2.45, 2.75) is 25.4 Å². The third-order valence-electron chi connectivity index (χ3n) is 1.71. The lowest BCUT2D eigenvalue weighted by Gasteiger charge is -2.06. The van der Waals surface area contributed by atoms with Gasteiger partial charge in [-0.25, -0.2) is 8.42 Å². The minimum absolute atomic E-state index is 0.0201. The molecule has 0 amide bonds. The highest BCUT2D eigenvalue weighted by atomic mass is 32.2. The Morgan fingerprint density at radius 3 is 2.20 bits per heavy atom. The fourth-order valence-corrected chi connectivity index (χ4v) is 1.47. The number of hydrogen-bond acceptors (Lipinski definition) is 3. The second-order valence-electron chi connectivity index (χ2n) is 3.45. The first kappa shape index (κ1) is 14.7. The monoisotopic (exact) mass is 247 g/mol. The number of hydrogen-bond donors (Lipinski definition) is 1. The molecule has 0 atom stereocenters. The Kier molecular flexibility index (Phi) is 6.19. The molecule has 1 N–H and O–H groups in total. The molecule has 0 saturated carbocycles. The van der Waals surface area contributed by atoms with E-state index in [0.29, 0.717) is 19.5 Å². The Morgan fingerprint density at radius 1 is 1.13 bits per heavy atom. The summed E-state index contributed by atoms with van der Waals surface area (Å²) in [7, 11) is -2.98. The smallest absolute Gasteiger partial charge is 0.316 e. The molecule has 0 rings (SSSR count). The molecule has 15 heavy (non-hydrogen) atoms. The van der Waals surface area contributed by atoms with Gasteiger partial charge in [0.05, 0.1) is 5.75 Å². The van der Waals surface area contributed by atoms with Gasteiger partial charge in [0, 0.05) is 19.2 Å². The van der Waals surface area contributed by atoms with Gasteiger partial charge < -0.3 is 5.32 Å². The Labute approximate surface area is 88.0 Å². The Balaban J connectivity index is 3.27. The Hall–Kier alpha value is -0.300. The van der Waals surface area contributed by atoms with Crippen molar-refractivity contribution < 1.29 is 21.6 Å². The topological polar surface area (TPSA) is 46.2 Å². The zero-order chi connectivity index (χ0) is 11.9. The lowest BCUT2D eigenvalue weighted by Crippen LogP contribution is -2.23. The molecule has 0 aromatic carbocycles. The lowest BCUT2D eigenvalue weighted by molar-refractivity contribution is -0.135. The standard InChI is InChI=1S/C8H16F3NO2S/c1-15(13,14)7-6-12-5-3-2-4-8(9,10)11/h12H,2-7H2,1H3. The van der Waals surface area contributed by atoms with Crippen molar-refractivity contribution in [2.24, 2.45) is 0 Å². The third kappa shape index (κ3) is 13.7. The molecule has 0 saturated heterocycles. The molecule has 0 aliphatic rings. The van der Waals surface area contributed by atoms with Crippen LogP contribution in [0.2, 0.25) is 0 Å². The highest BCUT2D eigenvalue weighted by Crippen LogP contribution is 2.21. The maximum absolute atomic E-state index is 11.7. The first-order valence-electron chi connectivity index (χ1n) is 4.66. The zero-order valence-corrected chi connectivity index (χ0v) is 9.42. The van der Waals surface area contributed by atoms with Gasteiger partial charge in [-0.15, -0.1) is 0 Å². The summed E-state index contributed by atoms with van der Waals surface area (Å²) in [6.07, 6.45) is -3.26. The van der Waals surface area contributed by atoms with Crippen molar-refractivity contribution in [3.05, 3.63) is 0 Å². The van der Waals surface area contributed by atoms with Crippen LogP contribution in [0.25, 0.3) is 0 Å². The number of nitrogens with one attached hydrogen (secondary N) is 1. The predicted molar refractivity (Wildman–Crippen MR) is 52.5 cm³/mol. The SMILES string of the molecule is CS(=O)(=O)CCNCCCCC(F)(F)F. The van der Waals surface area contributed by atoms with Gasteiger partial charge in [-0.05, 0) is 19.4 Å². The summed E-state index contributed by atoms with van der Waals surface area (Å²) in [5, 5.41) is 2.78. The van der Waals surface area contributed by atoms with Gasteiger partial charge in [0.15, 0.2) is 0 Å². The summed E-state index contributed by atoms with van der Waals surface area (Å²) >= 11 is 0. The lowest BCUT2D eigenvalue weighted by atomic mass is 10.2. The molecule has 0 radical (unpaired) electrons. The second kappa shape index (κ2) is 6.32. The van der Waals surface area contributed by atoms with Crippen molar-refractivity contribution in [1.82, 2.24) is 5.32 Å². The second-order valence-corrected chi connectivity index (χ2v) is 5.71. The molecule has 0 aliphatic carbocycles. The molecular weight excluding hydrogens is 231 g/mol. The van der Waals surface area contributed by atoms with Gasteiger partial charge in [0.25, 0.3) is 0 Å². The van der Waals surface area contributed by atoms with Crippen LogP contribution in [0, 0.1) is 0 Å². The number of unbranched alkanes of at least 4 members (excludes halogenated alkanes) is 1. The molecule has 3 nitrogen and oxygen atoms in total. The van der Waals surface area contributed by atoms with Crippen LogP contribution in [-0.2, 0) is 9.84 Å².